The quantitative estimate of drug-likeness (QED) is 0.201. The van der Waals surface area contributed by atoms with Gasteiger partial charge in [-0.25, -0.2) is 14.1 Å². The van der Waals surface area contributed by atoms with Crippen LogP contribution in [0.1, 0.15) is 17.2 Å². The lowest BCUT2D eigenvalue weighted by Gasteiger charge is -2.25. The fraction of sp³-hybridized carbons (Fsp3) is 0.222. The number of imide groups is 1. The first kappa shape index (κ1) is 27.5. The summed E-state index contributed by atoms with van der Waals surface area (Å²) in [4.78, 5) is 40.7. The molecule has 1 heterocycles. The molecule has 0 radical (unpaired) electrons. The van der Waals surface area contributed by atoms with Crippen LogP contribution in [0.15, 0.2) is 72.8 Å². The van der Waals surface area contributed by atoms with E-state index in [0.29, 0.717) is 20.4 Å². The Bertz CT molecular complexity index is 1310. The number of urea groups is 1. The van der Waals surface area contributed by atoms with Crippen LogP contribution in [-0.4, -0.2) is 58.3 Å². The molecule has 0 aromatic heterocycles. The van der Waals surface area contributed by atoms with Crippen molar-refractivity contribution in [2.24, 2.45) is 0 Å². The molecular weight excluding hydrogens is 608 g/mol. The number of aliphatic hydroxyl groups is 2. The van der Waals surface area contributed by atoms with Crippen LogP contribution in [0.4, 0.5) is 14.9 Å². The molecule has 0 saturated carbocycles. The van der Waals surface area contributed by atoms with Crippen molar-refractivity contribution in [3.05, 3.63) is 93.3 Å². The summed E-state index contributed by atoms with van der Waals surface area (Å²) in [5.41, 5.74) is 1.12. The normalized spacial score (nSPS) is 16.6. The van der Waals surface area contributed by atoms with E-state index in [1.54, 1.807) is 60.7 Å². The number of hydrogen-bond acceptors (Lipinski definition) is 6. The molecule has 198 valence electrons. The van der Waals surface area contributed by atoms with E-state index in [0.717, 1.165) is 4.90 Å². The number of ether oxygens (including phenoxy) is 1. The van der Waals surface area contributed by atoms with Crippen molar-refractivity contribution in [2.75, 3.05) is 18.5 Å². The zero-order chi connectivity index (χ0) is 27.2. The molecule has 9 nitrogen and oxygen atoms in total. The van der Waals surface area contributed by atoms with Crippen LogP contribution in [0.5, 0.6) is 5.75 Å². The van der Waals surface area contributed by atoms with E-state index in [-0.39, 0.29) is 18.7 Å². The first-order chi connectivity index (χ1) is 18.3. The number of nitrogens with zero attached hydrogens (tertiary/aromatic N) is 1. The van der Waals surface area contributed by atoms with Gasteiger partial charge in [0.05, 0.1) is 12.3 Å². The van der Waals surface area contributed by atoms with Crippen molar-refractivity contribution in [2.45, 2.75) is 24.6 Å². The van der Waals surface area contributed by atoms with Gasteiger partial charge in [-0.2, -0.15) is 0 Å². The molecule has 1 aliphatic rings. The molecule has 3 atom stereocenters. The third-order valence-electron chi connectivity index (χ3n) is 5.91. The average molecular weight is 633 g/mol. The fourth-order valence-electron chi connectivity index (χ4n) is 3.96. The van der Waals surface area contributed by atoms with Gasteiger partial charge in [0.25, 0.3) is 5.91 Å². The minimum Gasteiger partial charge on any atom is -0.491 e. The number of anilines is 1. The van der Waals surface area contributed by atoms with Gasteiger partial charge in [-0.1, -0.05) is 42.5 Å². The molecule has 11 heteroatoms. The number of nitrogens with one attached hydrogen (secondary N) is 2. The van der Waals surface area contributed by atoms with Crippen molar-refractivity contribution in [1.82, 2.24) is 10.2 Å². The first-order valence-corrected chi connectivity index (χ1v) is 12.8. The molecule has 4 amide bonds. The molecule has 0 aliphatic carbocycles. The summed E-state index contributed by atoms with van der Waals surface area (Å²) in [7, 11) is 0. The predicted octanol–water partition coefficient (Wildman–Crippen LogP) is 3.01. The van der Waals surface area contributed by atoms with Gasteiger partial charge >= 0.3 is 6.03 Å². The maximum Gasteiger partial charge on any atom is 0.325 e. The smallest absolute Gasteiger partial charge is 0.325 e. The number of carbonyl (C=O) groups excluding carboxylic acids is 3. The first-order valence-electron chi connectivity index (χ1n) is 11.7. The SMILES string of the molecule is O=C(Nc1ccc(I)cc1F)C(Cc1ccccc1)N1C(=O)N[C@H](c2ccc(OC[C@H](O)CO)cc2)C1=O. The Morgan fingerprint density at radius 2 is 1.82 bits per heavy atom. The molecule has 1 unspecified atom stereocenters. The highest BCUT2D eigenvalue weighted by molar-refractivity contribution is 14.1. The van der Waals surface area contributed by atoms with Crippen molar-refractivity contribution in [3.63, 3.8) is 0 Å². The number of halogens is 2. The largest absolute Gasteiger partial charge is 0.491 e. The second-order valence-electron chi connectivity index (χ2n) is 8.63. The second-order valence-corrected chi connectivity index (χ2v) is 9.87. The molecule has 1 saturated heterocycles. The van der Waals surface area contributed by atoms with Crippen LogP contribution < -0.4 is 15.4 Å². The summed E-state index contributed by atoms with van der Waals surface area (Å²) in [5.74, 6) is -1.56. The Morgan fingerprint density at radius 1 is 1.11 bits per heavy atom. The maximum absolute atomic E-state index is 14.5. The molecule has 1 fully saturated rings. The molecule has 1 aliphatic heterocycles. The zero-order valence-electron chi connectivity index (χ0n) is 20.0. The van der Waals surface area contributed by atoms with Crippen LogP contribution in [0.25, 0.3) is 0 Å². The van der Waals surface area contributed by atoms with Crippen molar-refractivity contribution in [1.29, 1.82) is 0 Å². The van der Waals surface area contributed by atoms with Gasteiger partial charge in [-0.3, -0.25) is 9.59 Å². The molecule has 38 heavy (non-hydrogen) atoms. The van der Waals surface area contributed by atoms with E-state index in [1.807, 2.05) is 22.6 Å². The molecule has 4 N–H and O–H groups in total. The Balaban J connectivity index is 1.56. The van der Waals surface area contributed by atoms with Crippen LogP contribution in [0.2, 0.25) is 0 Å². The number of rotatable bonds is 10. The molecule has 0 spiro atoms. The lowest BCUT2D eigenvalue weighted by Crippen LogP contribution is -2.49. The van der Waals surface area contributed by atoms with E-state index in [4.69, 9.17) is 9.84 Å². The van der Waals surface area contributed by atoms with Crippen molar-refractivity contribution >= 4 is 46.1 Å². The van der Waals surface area contributed by atoms with E-state index in [9.17, 15) is 23.9 Å². The van der Waals surface area contributed by atoms with Gasteiger partial charge in [0, 0.05) is 9.99 Å². The van der Waals surface area contributed by atoms with Gasteiger partial charge < -0.3 is 25.6 Å². The van der Waals surface area contributed by atoms with Crippen LogP contribution in [0.3, 0.4) is 0 Å². The van der Waals surface area contributed by atoms with E-state index >= 15 is 0 Å². The van der Waals surface area contributed by atoms with Crippen molar-refractivity contribution < 1.29 is 33.7 Å². The molecular formula is C27H25FIN3O6. The number of benzene rings is 3. The highest BCUT2D eigenvalue weighted by Crippen LogP contribution is 2.27. The third-order valence-corrected chi connectivity index (χ3v) is 6.58. The van der Waals surface area contributed by atoms with Gasteiger partial charge in [-0.15, -0.1) is 0 Å². The van der Waals surface area contributed by atoms with Crippen LogP contribution >= 0.6 is 22.6 Å². The number of hydrogen-bond donors (Lipinski definition) is 4. The lowest BCUT2D eigenvalue weighted by molar-refractivity contribution is -0.134. The van der Waals surface area contributed by atoms with E-state index in [2.05, 4.69) is 10.6 Å². The molecule has 3 aromatic rings. The Morgan fingerprint density at radius 3 is 2.47 bits per heavy atom. The highest BCUT2D eigenvalue weighted by atomic mass is 127. The maximum atomic E-state index is 14.5. The summed E-state index contributed by atoms with van der Waals surface area (Å²) >= 11 is 1.95. The summed E-state index contributed by atoms with van der Waals surface area (Å²) in [6, 6.07) is 16.5. The van der Waals surface area contributed by atoms with E-state index < -0.39 is 48.5 Å². The fourth-order valence-corrected chi connectivity index (χ4v) is 4.42. The summed E-state index contributed by atoms with van der Waals surface area (Å²) in [6.07, 6.45) is -0.996. The van der Waals surface area contributed by atoms with Gasteiger partial charge in [-0.05, 0) is 64.0 Å². The van der Waals surface area contributed by atoms with E-state index in [1.165, 1.54) is 12.1 Å². The summed E-state index contributed by atoms with van der Waals surface area (Å²) in [5, 5.41) is 23.5. The number of amides is 4. The lowest BCUT2D eigenvalue weighted by atomic mass is 10.0. The van der Waals surface area contributed by atoms with Gasteiger partial charge in [0.15, 0.2) is 0 Å². The Labute approximate surface area is 231 Å². The number of aliphatic hydroxyl groups excluding tert-OH is 2. The minimum atomic E-state index is -1.24. The van der Waals surface area contributed by atoms with Crippen LogP contribution in [-0.2, 0) is 16.0 Å². The molecule has 3 aromatic carbocycles. The van der Waals surface area contributed by atoms with Crippen LogP contribution in [0, 0.1) is 9.39 Å². The van der Waals surface area contributed by atoms with Gasteiger partial charge in [0.1, 0.15) is 36.4 Å². The molecule has 0 bridgehead atoms. The molecule has 4 rings (SSSR count). The predicted molar refractivity (Wildman–Crippen MR) is 145 cm³/mol. The Hall–Kier alpha value is -3.55. The third kappa shape index (κ3) is 6.47. The van der Waals surface area contributed by atoms with Crippen molar-refractivity contribution in [3.8, 4) is 5.75 Å². The number of carbonyl (C=O) groups is 3. The highest BCUT2D eigenvalue weighted by Gasteiger charge is 2.45. The summed E-state index contributed by atoms with van der Waals surface area (Å²) < 4.78 is 20.5. The Kier molecular flexibility index (Phi) is 8.92. The summed E-state index contributed by atoms with van der Waals surface area (Å²) in [6.45, 7) is -0.551. The average Bonchev–Trinajstić information content (AvgIpc) is 3.21. The second kappa shape index (κ2) is 12.3. The minimum absolute atomic E-state index is 0.0322. The standard InChI is InChI=1S/C27H25FIN3O6/c28-21-13-18(29)8-11-22(21)30-25(35)23(12-16-4-2-1-3-5-16)32-26(36)24(31-27(32)37)17-6-9-20(10-7-17)38-15-19(34)14-33/h1-11,13,19,23-24,33-34H,12,14-15H2,(H,30,35)(H,31,37)/t19-,23?,24-/m1/s1. The zero-order valence-corrected chi connectivity index (χ0v) is 22.2. The monoisotopic (exact) mass is 633 g/mol. The van der Waals surface area contributed by atoms with Gasteiger partial charge in [0.2, 0.25) is 5.91 Å². The topological polar surface area (TPSA) is 128 Å².